The minimum Gasteiger partial charge on any atom is -0.479 e. The molecule has 0 aliphatic rings. The Morgan fingerprint density at radius 2 is 2.00 bits per heavy atom. The first-order valence-corrected chi connectivity index (χ1v) is 6.09. The molecule has 2 unspecified atom stereocenters. The van der Waals surface area contributed by atoms with Crippen LogP contribution in [0.5, 0.6) is 0 Å². The highest BCUT2D eigenvalue weighted by Gasteiger charge is 2.26. The largest absolute Gasteiger partial charge is 0.479 e. The van der Waals surface area contributed by atoms with Crippen molar-refractivity contribution in [3.8, 4) is 0 Å². The SMILES string of the molecule is CC(=O)C(Br)c1cccc(S)c1C(O)C(=O)O. The Hall–Kier alpha value is -0.850. The number of carboxylic acid groups (broad SMARTS) is 1. The highest BCUT2D eigenvalue weighted by Crippen LogP contribution is 2.34. The highest BCUT2D eigenvalue weighted by molar-refractivity contribution is 9.09. The van der Waals surface area contributed by atoms with Gasteiger partial charge in [-0.3, -0.25) is 4.79 Å². The summed E-state index contributed by atoms with van der Waals surface area (Å²) in [6.07, 6.45) is -1.70. The van der Waals surface area contributed by atoms with Gasteiger partial charge in [-0.05, 0) is 18.6 Å². The number of Topliss-reactive ketones (excluding diaryl/α,β-unsaturated/α-hetero) is 1. The van der Waals surface area contributed by atoms with E-state index in [2.05, 4.69) is 28.6 Å². The van der Waals surface area contributed by atoms with Crippen molar-refractivity contribution in [3.05, 3.63) is 29.3 Å². The van der Waals surface area contributed by atoms with Crippen molar-refractivity contribution >= 4 is 40.3 Å². The maximum Gasteiger partial charge on any atom is 0.337 e. The molecule has 2 atom stereocenters. The molecule has 0 bridgehead atoms. The second-order valence-electron chi connectivity index (χ2n) is 3.49. The molecule has 0 aromatic heterocycles. The number of aliphatic hydroxyl groups is 1. The number of carbonyl (C=O) groups excluding carboxylic acids is 1. The van der Waals surface area contributed by atoms with Gasteiger partial charge in [0.05, 0.1) is 4.83 Å². The van der Waals surface area contributed by atoms with Gasteiger partial charge in [0.15, 0.2) is 6.10 Å². The lowest BCUT2D eigenvalue weighted by Gasteiger charge is -2.17. The van der Waals surface area contributed by atoms with Gasteiger partial charge in [0, 0.05) is 10.5 Å². The number of alkyl halides is 1. The van der Waals surface area contributed by atoms with Crippen molar-refractivity contribution in [2.24, 2.45) is 0 Å². The number of aliphatic carboxylic acids is 1. The van der Waals surface area contributed by atoms with Crippen LogP contribution in [0.2, 0.25) is 0 Å². The third-order valence-corrected chi connectivity index (χ3v) is 3.78. The molecule has 0 heterocycles. The number of thiol groups is 1. The summed E-state index contributed by atoms with van der Waals surface area (Å²) in [6.45, 7) is 1.38. The number of benzene rings is 1. The zero-order chi connectivity index (χ0) is 13.2. The molecule has 0 aliphatic heterocycles. The summed E-state index contributed by atoms with van der Waals surface area (Å²) in [4.78, 5) is 21.8. The second-order valence-corrected chi connectivity index (χ2v) is 4.89. The number of aliphatic hydroxyl groups excluding tert-OH is 1. The molecule has 0 amide bonds. The minimum absolute atomic E-state index is 0.139. The Balaban J connectivity index is 3.36. The number of carboxylic acids is 1. The van der Waals surface area contributed by atoms with Crippen LogP contribution in [0.3, 0.4) is 0 Å². The Kier molecular flexibility index (Phi) is 4.73. The van der Waals surface area contributed by atoms with Crippen molar-refractivity contribution in [1.82, 2.24) is 0 Å². The zero-order valence-electron chi connectivity index (χ0n) is 8.92. The molecule has 92 valence electrons. The van der Waals surface area contributed by atoms with E-state index in [1.807, 2.05) is 0 Å². The molecule has 0 radical (unpaired) electrons. The number of halogens is 1. The predicted molar refractivity (Wildman–Crippen MR) is 68.6 cm³/mol. The van der Waals surface area contributed by atoms with Crippen molar-refractivity contribution in [2.45, 2.75) is 22.8 Å². The van der Waals surface area contributed by atoms with Gasteiger partial charge in [-0.1, -0.05) is 28.1 Å². The molecule has 0 saturated heterocycles. The Bertz CT molecular complexity index is 461. The fourth-order valence-corrected chi connectivity index (χ4v) is 2.17. The van der Waals surface area contributed by atoms with E-state index in [0.29, 0.717) is 10.5 Å². The summed E-state index contributed by atoms with van der Waals surface area (Å²) in [6, 6.07) is 4.79. The van der Waals surface area contributed by atoms with Gasteiger partial charge in [-0.25, -0.2) is 4.79 Å². The molecule has 1 aromatic carbocycles. The van der Waals surface area contributed by atoms with Gasteiger partial charge in [-0.15, -0.1) is 12.6 Å². The van der Waals surface area contributed by atoms with Crippen LogP contribution in [0.1, 0.15) is 29.0 Å². The number of carbonyl (C=O) groups is 2. The van der Waals surface area contributed by atoms with E-state index in [-0.39, 0.29) is 11.3 Å². The highest BCUT2D eigenvalue weighted by atomic mass is 79.9. The maximum atomic E-state index is 11.3. The first kappa shape index (κ1) is 14.2. The summed E-state index contributed by atoms with van der Waals surface area (Å²) in [5.74, 6) is -1.56. The molecule has 4 nitrogen and oxygen atoms in total. The van der Waals surface area contributed by atoms with Gasteiger partial charge in [0.2, 0.25) is 0 Å². The molecule has 17 heavy (non-hydrogen) atoms. The zero-order valence-corrected chi connectivity index (χ0v) is 11.4. The third kappa shape index (κ3) is 3.08. The Morgan fingerprint density at radius 1 is 1.41 bits per heavy atom. The van der Waals surface area contributed by atoms with E-state index in [0.717, 1.165) is 0 Å². The lowest BCUT2D eigenvalue weighted by atomic mass is 9.98. The van der Waals surface area contributed by atoms with Crippen molar-refractivity contribution in [2.75, 3.05) is 0 Å². The van der Waals surface area contributed by atoms with Crippen LogP contribution in [-0.2, 0) is 9.59 Å². The second kappa shape index (κ2) is 5.66. The molecular weight excluding hydrogens is 308 g/mol. The van der Waals surface area contributed by atoms with Crippen LogP contribution in [0.4, 0.5) is 0 Å². The molecule has 2 N–H and O–H groups in total. The molecule has 0 fully saturated rings. The van der Waals surface area contributed by atoms with Gasteiger partial charge < -0.3 is 10.2 Å². The summed E-state index contributed by atoms with van der Waals surface area (Å²) in [7, 11) is 0. The van der Waals surface area contributed by atoms with Crippen LogP contribution < -0.4 is 0 Å². The Labute approximate surface area is 112 Å². The molecule has 1 aromatic rings. The van der Waals surface area contributed by atoms with Crippen LogP contribution in [0.15, 0.2) is 23.1 Å². The van der Waals surface area contributed by atoms with Crippen LogP contribution in [-0.4, -0.2) is 22.0 Å². The average Bonchev–Trinajstić information content (AvgIpc) is 2.26. The smallest absolute Gasteiger partial charge is 0.337 e. The Morgan fingerprint density at radius 3 is 2.47 bits per heavy atom. The minimum atomic E-state index is -1.70. The van der Waals surface area contributed by atoms with Crippen LogP contribution in [0.25, 0.3) is 0 Å². The van der Waals surface area contributed by atoms with E-state index in [1.54, 1.807) is 18.2 Å². The van der Waals surface area contributed by atoms with Crippen LogP contribution >= 0.6 is 28.6 Å². The number of hydrogen-bond donors (Lipinski definition) is 3. The monoisotopic (exact) mass is 318 g/mol. The number of ketones is 1. The molecular formula is C11H11BrO4S. The molecule has 6 heteroatoms. The molecule has 1 rings (SSSR count). The lowest BCUT2D eigenvalue weighted by Crippen LogP contribution is -2.15. The first-order valence-electron chi connectivity index (χ1n) is 4.73. The third-order valence-electron chi connectivity index (χ3n) is 2.25. The fraction of sp³-hybridized carbons (Fsp3) is 0.273. The van der Waals surface area contributed by atoms with Gasteiger partial charge >= 0.3 is 5.97 Å². The van der Waals surface area contributed by atoms with E-state index in [1.165, 1.54) is 6.92 Å². The summed E-state index contributed by atoms with van der Waals surface area (Å²) in [5, 5.41) is 18.4. The first-order chi connectivity index (χ1) is 7.86. The van der Waals surface area contributed by atoms with Gasteiger partial charge in [0.1, 0.15) is 5.78 Å². The van der Waals surface area contributed by atoms with Crippen molar-refractivity contribution in [1.29, 1.82) is 0 Å². The van der Waals surface area contributed by atoms with E-state index >= 15 is 0 Å². The van der Waals surface area contributed by atoms with Gasteiger partial charge in [-0.2, -0.15) is 0 Å². The maximum absolute atomic E-state index is 11.3. The van der Waals surface area contributed by atoms with Crippen molar-refractivity contribution < 1.29 is 19.8 Å². The standard InChI is InChI=1S/C11H11BrO4S/c1-5(13)9(12)6-3-2-4-7(17)8(6)10(14)11(15)16/h2-4,9-10,14,17H,1H3,(H,15,16). The molecule has 0 saturated carbocycles. The van der Waals surface area contributed by atoms with Crippen LogP contribution in [0, 0.1) is 0 Å². The fourth-order valence-electron chi connectivity index (χ4n) is 1.43. The summed E-state index contributed by atoms with van der Waals surface area (Å²) in [5.41, 5.74) is 0.556. The number of rotatable bonds is 4. The van der Waals surface area contributed by atoms with Crippen molar-refractivity contribution in [3.63, 3.8) is 0 Å². The molecule has 0 aliphatic carbocycles. The normalized spacial score (nSPS) is 14.1. The predicted octanol–water partition coefficient (Wildman–Crippen LogP) is 2.12. The topological polar surface area (TPSA) is 74.6 Å². The average molecular weight is 319 g/mol. The van der Waals surface area contributed by atoms with E-state index in [4.69, 9.17) is 5.11 Å². The quantitative estimate of drug-likeness (QED) is 0.587. The summed E-state index contributed by atoms with van der Waals surface area (Å²) < 4.78 is 0. The lowest BCUT2D eigenvalue weighted by molar-refractivity contribution is -0.147. The molecule has 0 spiro atoms. The van der Waals surface area contributed by atoms with E-state index in [9.17, 15) is 14.7 Å². The number of hydrogen-bond acceptors (Lipinski definition) is 4. The van der Waals surface area contributed by atoms with Gasteiger partial charge in [0.25, 0.3) is 0 Å². The van der Waals surface area contributed by atoms with E-state index < -0.39 is 16.9 Å². The summed E-state index contributed by atoms with van der Waals surface area (Å²) >= 11 is 7.27.